The van der Waals surface area contributed by atoms with Gasteiger partial charge in [-0.3, -0.25) is 19.3 Å². The fourth-order valence-corrected chi connectivity index (χ4v) is 2.23. The number of carbonyl (C=O) groups excluding carboxylic acids is 3. The Morgan fingerprint density at radius 3 is 2.47 bits per heavy atom. The standard InChI is InChI=1S/C12H11NO3S/c1-8-2-4-9(5-3-8)10(14)6-13-11(15)7-17-12(13)16/h2-5H,6-7H2,1H3. The number of hydrogen-bond acceptors (Lipinski definition) is 4. The second-order valence-corrected chi connectivity index (χ2v) is 4.75. The van der Waals surface area contributed by atoms with Gasteiger partial charge in [-0.05, 0) is 6.92 Å². The zero-order valence-electron chi connectivity index (χ0n) is 9.30. The Balaban J connectivity index is 2.09. The summed E-state index contributed by atoms with van der Waals surface area (Å²) in [7, 11) is 0. The molecule has 0 atom stereocenters. The van der Waals surface area contributed by atoms with Crippen molar-refractivity contribution in [2.45, 2.75) is 6.92 Å². The van der Waals surface area contributed by atoms with Crippen LogP contribution in [0.2, 0.25) is 0 Å². The van der Waals surface area contributed by atoms with Crippen LogP contribution in [0.4, 0.5) is 4.79 Å². The highest BCUT2D eigenvalue weighted by molar-refractivity contribution is 8.14. The van der Waals surface area contributed by atoms with Crippen molar-refractivity contribution >= 4 is 28.7 Å². The first-order chi connectivity index (χ1) is 8.08. The molecular weight excluding hydrogens is 238 g/mol. The summed E-state index contributed by atoms with van der Waals surface area (Å²) in [4.78, 5) is 35.5. The maximum absolute atomic E-state index is 11.8. The maximum atomic E-state index is 11.8. The molecule has 0 aliphatic carbocycles. The molecule has 1 aliphatic rings. The summed E-state index contributed by atoms with van der Waals surface area (Å²) in [6, 6.07) is 7.07. The third-order valence-corrected chi connectivity index (χ3v) is 3.37. The number of benzene rings is 1. The van der Waals surface area contributed by atoms with Crippen LogP contribution >= 0.6 is 11.8 Å². The molecule has 0 N–H and O–H groups in total. The number of aryl methyl sites for hydroxylation is 1. The van der Waals surface area contributed by atoms with E-state index in [1.165, 1.54) is 0 Å². The predicted octanol–water partition coefficient (Wildman–Crippen LogP) is 1.87. The van der Waals surface area contributed by atoms with Gasteiger partial charge in [0.1, 0.15) is 0 Å². The molecule has 0 radical (unpaired) electrons. The van der Waals surface area contributed by atoms with E-state index in [2.05, 4.69) is 0 Å². The number of imide groups is 1. The normalized spacial score (nSPS) is 15.5. The third-order valence-electron chi connectivity index (χ3n) is 2.52. The molecule has 1 aromatic carbocycles. The van der Waals surface area contributed by atoms with Gasteiger partial charge in [-0.2, -0.15) is 0 Å². The fourth-order valence-electron chi connectivity index (χ4n) is 1.51. The van der Waals surface area contributed by atoms with Crippen LogP contribution in [-0.4, -0.2) is 34.1 Å². The summed E-state index contributed by atoms with van der Waals surface area (Å²) in [5, 5.41) is -0.338. The molecule has 1 aliphatic heterocycles. The van der Waals surface area contributed by atoms with Gasteiger partial charge in [0.15, 0.2) is 5.78 Å². The number of carbonyl (C=O) groups is 3. The van der Waals surface area contributed by atoms with Gasteiger partial charge >= 0.3 is 0 Å². The minimum Gasteiger partial charge on any atom is -0.292 e. The molecule has 0 unspecified atom stereocenters. The van der Waals surface area contributed by atoms with Gasteiger partial charge in [-0.15, -0.1) is 0 Å². The SMILES string of the molecule is Cc1ccc(C(=O)CN2C(=O)CSC2=O)cc1. The van der Waals surface area contributed by atoms with Crippen molar-refractivity contribution in [3.05, 3.63) is 35.4 Å². The van der Waals surface area contributed by atoms with Crippen LogP contribution in [0.3, 0.4) is 0 Å². The molecule has 4 nitrogen and oxygen atoms in total. The summed E-state index contributed by atoms with van der Waals surface area (Å²) in [5.74, 6) is -0.366. The Hall–Kier alpha value is -1.62. The molecule has 0 aromatic heterocycles. The Labute approximate surface area is 103 Å². The summed E-state index contributed by atoms with van der Waals surface area (Å²) in [6.07, 6.45) is 0. The second kappa shape index (κ2) is 4.71. The van der Waals surface area contributed by atoms with E-state index >= 15 is 0 Å². The van der Waals surface area contributed by atoms with Crippen molar-refractivity contribution in [3.63, 3.8) is 0 Å². The van der Waals surface area contributed by atoms with E-state index in [0.29, 0.717) is 5.56 Å². The molecule has 0 bridgehead atoms. The monoisotopic (exact) mass is 249 g/mol. The van der Waals surface area contributed by atoms with Gasteiger partial charge < -0.3 is 0 Å². The van der Waals surface area contributed by atoms with E-state index in [-0.39, 0.29) is 29.2 Å². The first-order valence-corrected chi connectivity index (χ1v) is 6.13. The molecule has 2 rings (SSSR count). The van der Waals surface area contributed by atoms with Crippen molar-refractivity contribution in [3.8, 4) is 0 Å². The minimum atomic E-state index is -0.338. The molecule has 17 heavy (non-hydrogen) atoms. The Morgan fingerprint density at radius 2 is 1.94 bits per heavy atom. The van der Waals surface area contributed by atoms with Crippen molar-refractivity contribution < 1.29 is 14.4 Å². The quantitative estimate of drug-likeness (QED) is 0.767. The summed E-state index contributed by atoms with van der Waals surface area (Å²) in [5.41, 5.74) is 1.58. The lowest BCUT2D eigenvalue weighted by Crippen LogP contribution is -2.33. The highest BCUT2D eigenvalue weighted by Gasteiger charge is 2.31. The van der Waals surface area contributed by atoms with E-state index in [1.807, 2.05) is 19.1 Å². The van der Waals surface area contributed by atoms with Crippen molar-refractivity contribution in [1.82, 2.24) is 4.90 Å². The van der Waals surface area contributed by atoms with Crippen LogP contribution in [0.25, 0.3) is 0 Å². The van der Waals surface area contributed by atoms with Gasteiger partial charge in [0.25, 0.3) is 5.24 Å². The molecule has 0 saturated carbocycles. The van der Waals surface area contributed by atoms with E-state index in [9.17, 15) is 14.4 Å². The van der Waals surface area contributed by atoms with Crippen molar-refractivity contribution in [1.29, 1.82) is 0 Å². The number of Topliss-reactive ketones (excluding diaryl/α,β-unsaturated/α-hetero) is 1. The second-order valence-electron chi connectivity index (χ2n) is 3.82. The van der Waals surface area contributed by atoms with Crippen LogP contribution in [-0.2, 0) is 4.79 Å². The third kappa shape index (κ3) is 2.55. The first kappa shape index (κ1) is 11.9. The van der Waals surface area contributed by atoms with Crippen LogP contribution in [0.5, 0.6) is 0 Å². The number of ketones is 1. The zero-order valence-corrected chi connectivity index (χ0v) is 10.1. The molecule has 0 spiro atoms. The molecular formula is C12H11NO3S. The van der Waals surface area contributed by atoms with Gasteiger partial charge in [-0.25, -0.2) is 0 Å². The first-order valence-electron chi connectivity index (χ1n) is 5.15. The summed E-state index contributed by atoms with van der Waals surface area (Å²) in [6.45, 7) is 1.77. The molecule has 5 heteroatoms. The molecule has 1 heterocycles. The molecule has 88 valence electrons. The van der Waals surface area contributed by atoms with Crippen molar-refractivity contribution in [2.75, 3.05) is 12.3 Å². The molecule has 1 aromatic rings. The minimum absolute atomic E-state index is 0.139. The van der Waals surface area contributed by atoms with Crippen LogP contribution < -0.4 is 0 Å². The number of nitrogens with zero attached hydrogens (tertiary/aromatic N) is 1. The van der Waals surface area contributed by atoms with Gasteiger partial charge in [0.2, 0.25) is 5.91 Å². The fraction of sp³-hybridized carbons (Fsp3) is 0.250. The van der Waals surface area contributed by atoms with Gasteiger partial charge in [-0.1, -0.05) is 41.6 Å². The predicted molar refractivity (Wildman–Crippen MR) is 65.1 cm³/mol. The summed E-state index contributed by atoms with van der Waals surface area (Å²) >= 11 is 0.938. The smallest absolute Gasteiger partial charge is 0.289 e. The van der Waals surface area contributed by atoms with E-state index in [4.69, 9.17) is 0 Å². The van der Waals surface area contributed by atoms with Crippen LogP contribution in [0.15, 0.2) is 24.3 Å². The Bertz CT molecular complexity index is 465. The Morgan fingerprint density at radius 1 is 1.29 bits per heavy atom. The van der Waals surface area contributed by atoms with Crippen LogP contribution in [0.1, 0.15) is 15.9 Å². The van der Waals surface area contributed by atoms with Crippen LogP contribution in [0, 0.1) is 6.92 Å². The number of thioether (sulfide) groups is 1. The largest absolute Gasteiger partial charge is 0.292 e. The average Bonchev–Trinajstić information content (AvgIpc) is 2.61. The van der Waals surface area contributed by atoms with E-state index in [1.54, 1.807) is 12.1 Å². The number of amides is 2. The maximum Gasteiger partial charge on any atom is 0.289 e. The zero-order chi connectivity index (χ0) is 12.4. The highest BCUT2D eigenvalue weighted by atomic mass is 32.2. The lowest BCUT2D eigenvalue weighted by Gasteiger charge is -2.11. The van der Waals surface area contributed by atoms with E-state index < -0.39 is 0 Å². The molecule has 1 fully saturated rings. The Kier molecular flexibility index (Phi) is 3.28. The molecule has 2 amide bonds. The van der Waals surface area contributed by atoms with E-state index in [0.717, 1.165) is 22.2 Å². The molecule has 1 saturated heterocycles. The summed E-state index contributed by atoms with van der Waals surface area (Å²) < 4.78 is 0. The lowest BCUT2D eigenvalue weighted by atomic mass is 10.1. The topological polar surface area (TPSA) is 54.5 Å². The number of rotatable bonds is 3. The number of hydrogen-bond donors (Lipinski definition) is 0. The van der Waals surface area contributed by atoms with Gasteiger partial charge in [0, 0.05) is 5.56 Å². The highest BCUT2D eigenvalue weighted by Crippen LogP contribution is 2.19. The lowest BCUT2D eigenvalue weighted by molar-refractivity contribution is -0.124. The van der Waals surface area contributed by atoms with Gasteiger partial charge in [0.05, 0.1) is 12.3 Å². The van der Waals surface area contributed by atoms with Crippen molar-refractivity contribution in [2.24, 2.45) is 0 Å². The average molecular weight is 249 g/mol.